The zero-order chi connectivity index (χ0) is 17.4. The molecule has 25 heavy (non-hydrogen) atoms. The molecule has 0 saturated heterocycles. The second-order valence-corrected chi connectivity index (χ2v) is 6.99. The van der Waals surface area contributed by atoms with E-state index < -0.39 is 0 Å². The summed E-state index contributed by atoms with van der Waals surface area (Å²) < 4.78 is 14.9. The molecule has 4 aromatic rings. The van der Waals surface area contributed by atoms with Gasteiger partial charge in [-0.05, 0) is 37.1 Å². The van der Waals surface area contributed by atoms with Gasteiger partial charge in [0, 0.05) is 23.8 Å². The van der Waals surface area contributed by atoms with E-state index in [0.717, 1.165) is 21.6 Å². The highest BCUT2D eigenvalue weighted by Crippen LogP contribution is 2.34. The summed E-state index contributed by atoms with van der Waals surface area (Å²) in [5, 5.41) is 4.41. The van der Waals surface area contributed by atoms with Gasteiger partial charge in [0.15, 0.2) is 0 Å². The van der Waals surface area contributed by atoms with Crippen molar-refractivity contribution in [3.8, 4) is 5.95 Å². The Morgan fingerprint density at radius 1 is 1.16 bits per heavy atom. The Kier molecular flexibility index (Phi) is 3.93. The van der Waals surface area contributed by atoms with Gasteiger partial charge in [-0.2, -0.15) is 4.98 Å². The molecule has 1 N–H and O–H groups in total. The van der Waals surface area contributed by atoms with Crippen LogP contribution in [0.2, 0.25) is 0 Å². The van der Waals surface area contributed by atoms with Crippen molar-refractivity contribution in [3.05, 3.63) is 64.8 Å². The molecule has 0 aliphatic carbocycles. The van der Waals surface area contributed by atoms with Crippen molar-refractivity contribution in [2.45, 2.75) is 20.4 Å². The third kappa shape index (κ3) is 2.98. The predicted octanol–water partition coefficient (Wildman–Crippen LogP) is 4.25. The van der Waals surface area contributed by atoms with Crippen LogP contribution < -0.4 is 5.32 Å². The Labute approximate surface area is 148 Å². The van der Waals surface area contributed by atoms with Gasteiger partial charge in [0.2, 0.25) is 5.95 Å². The zero-order valence-corrected chi connectivity index (χ0v) is 14.6. The molecular formula is C18H16FN5S. The number of halogens is 1. The Morgan fingerprint density at radius 3 is 2.68 bits per heavy atom. The van der Waals surface area contributed by atoms with E-state index in [9.17, 15) is 4.39 Å². The van der Waals surface area contributed by atoms with Gasteiger partial charge in [0.1, 0.15) is 22.8 Å². The molecule has 3 aromatic heterocycles. The summed E-state index contributed by atoms with van der Waals surface area (Å²) in [7, 11) is 0. The van der Waals surface area contributed by atoms with Crippen molar-refractivity contribution in [1.82, 2.24) is 19.5 Å². The number of hydrogen-bond donors (Lipinski definition) is 1. The van der Waals surface area contributed by atoms with Crippen LogP contribution >= 0.6 is 11.3 Å². The largest absolute Gasteiger partial charge is 0.365 e. The number of nitrogens with zero attached hydrogens (tertiary/aromatic N) is 4. The highest BCUT2D eigenvalue weighted by atomic mass is 32.1. The Morgan fingerprint density at radius 2 is 1.96 bits per heavy atom. The van der Waals surface area contributed by atoms with Crippen molar-refractivity contribution in [1.29, 1.82) is 0 Å². The number of benzene rings is 1. The maximum atomic E-state index is 13.1. The Hall–Kier alpha value is -2.80. The summed E-state index contributed by atoms with van der Waals surface area (Å²) in [5.74, 6) is 1.12. The lowest BCUT2D eigenvalue weighted by atomic mass is 10.2. The molecule has 0 spiro atoms. The molecule has 0 saturated carbocycles. The molecule has 0 aliphatic rings. The molecule has 7 heteroatoms. The molecule has 0 fully saturated rings. The topological polar surface area (TPSA) is 55.6 Å². The van der Waals surface area contributed by atoms with Crippen LogP contribution in [0.5, 0.6) is 0 Å². The predicted molar refractivity (Wildman–Crippen MR) is 97.7 cm³/mol. The van der Waals surface area contributed by atoms with Crippen molar-refractivity contribution >= 4 is 27.4 Å². The van der Waals surface area contributed by atoms with E-state index in [2.05, 4.69) is 34.1 Å². The van der Waals surface area contributed by atoms with E-state index in [1.807, 2.05) is 6.20 Å². The first-order chi connectivity index (χ1) is 12.1. The minimum atomic E-state index is -0.236. The molecule has 0 unspecified atom stereocenters. The molecule has 5 nitrogen and oxygen atoms in total. The normalized spacial score (nSPS) is 11.2. The van der Waals surface area contributed by atoms with Crippen LogP contribution in [-0.4, -0.2) is 19.5 Å². The SMILES string of the molecule is Cc1sc2nc(-n3ccnc3)nc(NCc3ccc(F)cc3)c2c1C. The summed E-state index contributed by atoms with van der Waals surface area (Å²) in [4.78, 5) is 15.6. The van der Waals surface area contributed by atoms with Gasteiger partial charge in [-0.1, -0.05) is 12.1 Å². The van der Waals surface area contributed by atoms with Crippen LogP contribution in [0.25, 0.3) is 16.2 Å². The van der Waals surface area contributed by atoms with Crippen LogP contribution in [-0.2, 0) is 6.54 Å². The highest BCUT2D eigenvalue weighted by molar-refractivity contribution is 7.18. The Bertz CT molecular complexity index is 1020. The van der Waals surface area contributed by atoms with Crippen molar-refractivity contribution < 1.29 is 4.39 Å². The summed E-state index contributed by atoms with van der Waals surface area (Å²) in [6.07, 6.45) is 5.20. The third-order valence-electron chi connectivity index (χ3n) is 4.13. The quantitative estimate of drug-likeness (QED) is 0.596. The fourth-order valence-corrected chi connectivity index (χ4v) is 3.67. The first-order valence-corrected chi connectivity index (χ1v) is 8.68. The monoisotopic (exact) mass is 353 g/mol. The van der Waals surface area contributed by atoms with E-state index in [-0.39, 0.29) is 5.82 Å². The Balaban J connectivity index is 1.76. The number of hydrogen-bond acceptors (Lipinski definition) is 5. The third-order valence-corrected chi connectivity index (χ3v) is 5.23. The lowest BCUT2D eigenvalue weighted by Gasteiger charge is -2.10. The molecule has 0 atom stereocenters. The van der Waals surface area contributed by atoms with Crippen LogP contribution in [0.4, 0.5) is 10.2 Å². The summed E-state index contributed by atoms with van der Waals surface area (Å²) >= 11 is 1.65. The lowest BCUT2D eigenvalue weighted by Crippen LogP contribution is -2.06. The van der Waals surface area contributed by atoms with Crippen LogP contribution in [0, 0.1) is 19.7 Å². The van der Waals surface area contributed by atoms with E-state index in [0.29, 0.717) is 12.5 Å². The summed E-state index contributed by atoms with van der Waals surface area (Å²) in [6.45, 7) is 4.73. The fraction of sp³-hybridized carbons (Fsp3) is 0.167. The lowest BCUT2D eigenvalue weighted by molar-refractivity contribution is 0.627. The highest BCUT2D eigenvalue weighted by Gasteiger charge is 2.15. The van der Waals surface area contributed by atoms with E-state index in [4.69, 9.17) is 0 Å². The molecule has 0 amide bonds. The smallest absolute Gasteiger partial charge is 0.238 e. The molecule has 3 heterocycles. The second-order valence-electron chi connectivity index (χ2n) is 5.79. The molecule has 0 radical (unpaired) electrons. The van der Waals surface area contributed by atoms with Gasteiger partial charge < -0.3 is 5.32 Å². The molecule has 1 aromatic carbocycles. The number of aromatic nitrogens is 4. The van der Waals surface area contributed by atoms with Crippen molar-refractivity contribution in [2.75, 3.05) is 5.32 Å². The number of imidazole rings is 1. The van der Waals surface area contributed by atoms with Gasteiger partial charge in [0.25, 0.3) is 0 Å². The molecule has 0 bridgehead atoms. The number of anilines is 1. The van der Waals surface area contributed by atoms with Crippen LogP contribution in [0.1, 0.15) is 16.0 Å². The van der Waals surface area contributed by atoms with Gasteiger partial charge in [0.05, 0.1) is 5.39 Å². The molecule has 0 aliphatic heterocycles. The van der Waals surface area contributed by atoms with E-state index in [1.165, 1.54) is 22.6 Å². The maximum absolute atomic E-state index is 13.1. The molecule has 126 valence electrons. The van der Waals surface area contributed by atoms with Crippen LogP contribution in [0.15, 0.2) is 43.0 Å². The minimum Gasteiger partial charge on any atom is -0.365 e. The van der Waals surface area contributed by atoms with Gasteiger partial charge >= 0.3 is 0 Å². The van der Waals surface area contributed by atoms with Gasteiger partial charge in [-0.25, -0.2) is 14.4 Å². The number of aryl methyl sites for hydroxylation is 2. The fourth-order valence-electron chi connectivity index (χ4n) is 2.65. The number of rotatable bonds is 4. The van der Waals surface area contributed by atoms with Crippen molar-refractivity contribution in [3.63, 3.8) is 0 Å². The van der Waals surface area contributed by atoms with Gasteiger partial charge in [-0.15, -0.1) is 11.3 Å². The van der Waals surface area contributed by atoms with Crippen molar-refractivity contribution in [2.24, 2.45) is 0 Å². The first kappa shape index (κ1) is 15.7. The number of thiophene rings is 1. The zero-order valence-electron chi connectivity index (χ0n) is 13.8. The standard InChI is InChI=1S/C18H16FN5S/c1-11-12(2)25-17-15(11)16(21-9-13-3-5-14(19)6-4-13)22-18(23-17)24-8-7-20-10-24/h3-8,10H,9H2,1-2H3,(H,21,22,23). The number of fused-ring (bicyclic) bond motifs is 1. The second kappa shape index (κ2) is 6.25. The van der Waals surface area contributed by atoms with Gasteiger partial charge in [-0.3, -0.25) is 4.57 Å². The average Bonchev–Trinajstić information content (AvgIpc) is 3.23. The van der Waals surface area contributed by atoms with E-state index >= 15 is 0 Å². The maximum Gasteiger partial charge on any atom is 0.238 e. The molecular weight excluding hydrogens is 337 g/mol. The van der Waals surface area contributed by atoms with Crippen LogP contribution in [0.3, 0.4) is 0 Å². The molecule has 4 rings (SSSR count). The first-order valence-electron chi connectivity index (χ1n) is 7.86. The van der Waals surface area contributed by atoms with E-state index in [1.54, 1.807) is 40.6 Å². The number of nitrogens with one attached hydrogen (secondary N) is 1. The average molecular weight is 353 g/mol. The summed E-state index contributed by atoms with van der Waals surface area (Å²) in [6, 6.07) is 6.46. The minimum absolute atomic E-state index is 0.236. The summed E-state index contributed by atoms with van der Waals surface area (Å²) in [5.41, 5.74) is 2.17.